The standard InChI is InChI=1S/C11H22O4S/c1-9(2)10(3)8-15-11(12)6-4-5-7-16(13)14/h9-10H,4-8H2,1-3H3,(H,13,14). The fraction of sp³-hybridized carbons (Fsp3) is 0.909. The largest absolute Gasteiger partial charge is 0.465 e. The molecular weight excluding hydrogens is 228 g/mol. The quantitative estimate of drug-likeness (QED) is 0.407. The lowest BCUT2D eigenvalue weighted by molar-refractivity contribution is -0.145. The molecule has 0 aliphatic carbocycles. The van der Waals surface area contributed by atoms with Gasteiger partial charge < -0.3 is 9.29 Å². The maximum atomic E-state index is 11.3. The van der Waals surface area contributed by atoms with E-state index in [0.717, 1.165) is 0 Å². The number of rotatable bonds is 8. The van der Waals surface area contributed by atoms with Gasteiger partial charge >= 0.3 is 5.97 Å². The van der Waals surface area contributed by atoms with E-state index in [0.29, 0.717) is 37.7 Å². The van der Waals surface area contributed by atoms with Gasteiger partial charge in [0.2, 0.25) is 0 Å². The van der Waals surface area contributed by atoms with Crippen molar-refractivity contribution in [3.63, 3.8) is 0 Å². The predicted molar refractivity (Wildman–Crippen MR) is 64.5 cm³/mol. The minimum atomic E-state index is -1.75. The molecule has 0 saturated carbocycles. The molecule has 96 valence electrons. The van der Waals surface area contributed by atoms with Crippen LogP contribution in [-0.4, -0.2) is 27.1 Å². The van der Waals surface area contributed by atoms with Crippen LogP contribution in [0.4, 0.5) is 0 Å². The molecule has 4 nitrogen and oxygen atoms in total. The molecule has 0 bridgehead atoms. The zero-order chi connectivity index (χ0) is 12.6. The van der Waals surface area contributed by atoms with Gasteiger partial charge in [0.15, 0.2) is 11.1 Å². The first-order valence-electron chi connectivity index (χ1n) is 5.66. The summed E-state index contributed by atoms with van der Waals surface area (Å²) in [5.41, 5.74) is 0. The molecule has 0 amide bonds. The fourth-order valence-electron chi connectivity index (χ4n) is 0.984. The third kappa shape index (κ3) is 8.85. The summed E-state index contributed by atoms with van der Waals surface area (Å²) >= 11 is -1.75. The van der Waals surface area contributed by atoms with Crippen molar-refractivity contribution in [3.05, 3.63) is 0 Å². The van der Waals surface area contributed by atoms with Crippen molar-refractivity contribution in [3.8, 4) is 0 Å². The van der Waals surface area contributed by atoms with E-state index in [2.05, 4.69) is 13.8 Å². The Balaban J connectivity index is 3.48. The normalized spacial score (nSPS) is 14.8. The summed E-state index contributed by atoms with van der Waals surface area (Å²) in [7, 11) is 0. The molecule has 5 heteroatoms. The van der Waals surface area contributed by atoms with Crippen LogP contribution in [0.1, 0.15) is 40.0 Å². The first-order valence-corrected chi connectivity index (χ1v) is 6.94. The Kier molecular flexibility index (Phi) is 8.47. The minimum Gasteiger partial charge on any atom is -0.465 e. The lowest BCUT2D eigenvalue weighted by Crippen LogP contribution is -2.15. The molecule has 16 heavy (non-hydrogen) atoms. The zero-order valence-electron chi connectivity index (χ0n) is 10.3. The van der Waals surface area contributed by atoms with E-state index in [1.807, 2.05) is 6.92 Å². The maximum Gasteiger partial charge on any atom is 0.305 e. The van der Waals surface area contributed by atoms with Crippen molar-refractivity contribution in [2.24, 2.45) is 11.8 Å². The van der Waals surface area contributed by atoms with E-state index in [9.17, 15) is 9.00 Å². The van der Waals surface area contributed by atoms with Crippen LogP contribution in [0, 0.1) is 11.8 Å². The molecule has 0 rings (SSSR count). The smallest absolute Gasteiger partial charge is 0.305 e. The molecule has 0 aliphatic rings. The molecule has 0 saturated heterocycles. The lowest BCUT2D eigenvalue weighted by Gasteiger charge is -2.15. The Morgan fingerprint density at radius 1 is 1.31 bits per heavy atom. The van der Waals surface area contributed by atoms with Gasteiger partial charge in [-0.1, -0.05) is 20.8 Å². The van der Waals surface area contributed by atoms with Crippen molar-refractivity contribution in [2.45, 2.75) is 40.0 Å². The number of carbonyl (C=O) groups is 1. The molecule has 2 atom stereocenters. The van der Waals surface area contributed by atoms with Crippen molar-refractivity contribution in [1.29, 1.82) is 0 Å². The first kappa shape index (κ1) is 15.6. The highest BCUT2D eigenvalue weighted by Crippen LogP contribution is 2.10. The maximum absolute atomic E-state index is 11.3. The van der Waals surface area contributed by atoms with E-state index >= 15 is 0 Å². The minimum absolute atomic E-state index is 0.212. The Hall–Kier alpha value is -0.420. The highest BCUT2D eigenvalue weighted by molar-refractivity contribution is 7.79. The molecule has 0 radical (unpaired) electrons. The molecule has 0 aliphatic heterocycles. The van der Waals surface area contributed by atoms with E-state index in [4.69, 9.17) is 9.29 Å². The van der Waals surface area contributed by atoms with Gasteiger partial charge in [0.25, 0.3) is 0 Å². The van der Waals surface area contributed by atoms with E-state index in [1.54, 1.807) is 0 Å². The van der Waals surface area contributed by atoms with Crippen LogP contribution in [0.25, 0.3) is 0 Å². The van der Waals surface area contributed by atoms with Crippen molar-refractivity contribution in [1.82, 2.24) is 0 Å². The van der Waals surface area contributed by atoms with Crippen LogP contribution in [0.3, 0.4) is 0 Å². The van der Waals surface area contributed by atoms with Crippen LogP contribution in [0.5, 0.6) is 0 Å². The highest BCUT2D eigenvalue weighted by atomic mass is 32.2. The monoisotopic (exact) mass is 250 g/mol. The Labute approximate surface area is 100 Å². The van der Waals surface area contributed by atoms with Gasteiger partial charge in [0, 0.05) is 12.2 Å². The van der Waals surface area contributed by atoms with E-state index < -0.39 is 11.1 Å². The molecule has 0 heterocycles. The number of unbranched alkanes of at least 4 members (excludes halogenated alkanes) is 1. The summed E-state index contributed by atoms with van der Waals surface area (Å²) in [6.45, 7) is 6.69. The second kappa shape index (κ2) is 8.70. The molecule has 0 aromatic carbocycles. The molecule has 0 spiro atoms. The Morgan fingerprint density at radius 2 is 1.94 bits per heavy atom. The number of hydrogen-bond acceptors (Lipinski definition) is 3. The van der Waals surface area contributed by atoms with Crippen LogP contribution in [0.2, 0.25) is 0 Å². The fourth-order valence-corrected chi connectivity index (χ4v) is 1.43. The average Bonchev–Trinajstić information content (AvgIpc) is 2.20. The van der Waals surface area contributed by atoms with Crippen LogP contribution in [-0.2, 0) is 20.6 Å². The first-order chi connectivity index (χ1) is 7.43. The molecular formula is C11H22O4S. The van der Waals surface area contributed by atoms with Gasteiger partial charge in [-0.2, -0.15) is 0 Å². The number of ether oxygens (including phenoxy) is 1. The summed E-state index contributed by atoms with van der Waals surface area (Å²) in [6, 6.07) is 0. The highest BCUT2D eigenvalue weighted by Gasteiger charge is 2.10. The van der Waals surface area contributed by atoms with Crippen LogP contribution < -0.4 is 0 Å². The van der Waals surface area contributed by atoms with Gasteiger partial charge in [-0.25, -0.2) is 4.21 Å². The van der Waals surface area contributed by atoms with Gasteiger partial charge in [0.1, 0.15) is 0 Å². The SMILES string of the molecule is CC(C)C(C)COC(=O)CCCCS(=O)O. The second-order valence-electron chi connectivity index (χ2n) is 4.39. The van der Waals surface area contributed by atoms with Gasteiger partial charge in [-0.3, -0.25) is 4.79 Å². The van der Waals surface area contributed by atoms with Crippen LogP contribution in [0.15, 0.2) is 0 Å². The average molecular weight is 250 g/mol. The molecule has 2 unspecified atom stereocenters. The number of esters is 1. The summed E-state index contributed by atoms with van der Waals surface area (Å²) in [4.78, 5) is 11.3. The van der Waals surface area contributed by atoms with Gasteiger partial charge in [-0.15, -0.1) is 0 Å². The van der Waals surface area contributed by atoms with Crippen molar-refractivity contribution >= 4 is 17.0 Å². The van der Waals surface area contributed by atoms with Crippen molar-refractivity contribution < 1.29 is 18.3 Å². The third-order valence-corrected chi connectivity index (χ3v) is 3.23. The molecule has 0 fully saturated rings. The zero-order valence-corrected chi connectivity index (χ0v) is 11.1. The van der Waals surface area contributed by atoms with Crippen molar-refractivity contribution in [2.75, 3.05) is 12.4 Å². The third-order valence-electron chi connectivity index (χ3n) is 2.60. The summed E-state index contributed by atoms with van der Waals surface area (Å²) < 4.78 is 23.9. The van der Waals surface area contributed by atoms with E-state index in [-0.39, 0.29) is 11.7 Å². The van der Waals surface area contributed by atoms with Crippen LogP contribution >= 0.6 is 0 Å². The number of carbonyl (C=O) groups excluding carboxylic acids is 1. The second-order valence-corrected chi connectivity index (χ2v) is 5.44. The number of hydrogen-bond donors (Lipinski definition) is 1. The Bertz CT molecular complexity index is 228. The summed E-state index contributed by atoms with van der Waals surface area (Å²) in [6.07, 6.45) is 1.53. The molecule has 0 aromatic rings. The predicted octanol–water partition coefficient (Wildman–Crippen LogP) is 2.21. The van der Waals surface area contributed by atoms with Gasteiger partial charge in [-0.05, 0) is 24.7 Å². The van der Waals surface area contributed by atoms with E-state index in [1.165, 1.54) is 0 Å². The lowest BCUT2D eigenvalue weighted by atomic mass is 9.99. The Morgan fingerprint density at radius 3 is 2.44 bits per heavy atom. The molecule has 0 aromatic heterocycles. The summed E-state index contributed by atoms with van der Waals surface area (Å²) in [5.74, 6) is 0.894. The molecule has 1 N–H and O–H groups in total. The topological polar surface area (TPSA) is 63.6 Å². The summed E-state index contributed by atoms with van der Waals surface area (Å²) in [5, 5.41) is 0. The van der Waals surface area contributed by atoms with Gasteiger partial charge in [0.05, 0.1) is 6.61 Å².